The number of aromatic nitrogens is 5. The van der Waals surface area contributed by atoms with Crippen LogP contribution in [0, 0.1) is 20.8 Å². The largest absolute Gasteiger partial charge is 0.479 e. The van der Waals surface area contributed by atoms with E-state index in [0.717, 1.165) is 27.8 Å². The number of imidazole rings is 1. The fraction of sp³-hybridized carbons (Fsp3) is 0.200. The molecule has 8 heteroatoms. The Balaban J connectivity index is 1.62. The van der Waals surface area contributed by atoms with Crippen LogP contribution < -0.4 is 10.1 Å². The van der Waals surface area contributed by atoms with E-state index < -0.39 is 0 Å². The molecule has 3 heterocycles. The molecule has 1 aromatic carbocycles. The lowest BCUT2D eigenvalue weighted by atomic mass is 10.1. The molecule has 0 atom stereocenters. The molecular formula is C20H20N6OS. The number of hydrogen-bond donors (Lipinski definition) is 1. The van der Waals surface area contributed by atoms with Crippen LogP contribution in [-0.2, 0) is 0 Å². The molecule has 4 aromatic rings. The summed E-state index contributed by atoms with van der Waals surface area (Å²) in [6, 6.07) is 10.1. The van der Waals surface area contributed by atoms with Gasteiger partial charge >= 0.3 is 0 Å². The highest BCUT2D eigenvalue weighted by molar-refractivity contribution is 7.09. The minimum Gasteiger partial charge on any atom is -0.479 e. The first-order chi connectivity index (χ1) is 13.5. The molecule has 0 bridgehead atoms. The van der Waals surface area contributed by atoms with E-state index in [1.54, 1.807) is 13.4 Å². The van der Waals surface area contributed by atoms with Gasteiger partial charge in [0.25, 0.3) is 0 Å². The van der Waals surface area contributed by atoms with E-state index >= 15 is 0 Å². The van der Waals surface area contributed by atoms with E-state index in [-0.39, 0.29) is 0 Å². The highest BCUT2D eigenvalue weighted by atomic mass is 32.1. The lowest BCUT2D eigenvalue weighted by Crippen LogP contribution is -2.00. The Labute approximate surface area is 167 Å². The second kappa shape index (κ2) is 7.40. The second-order valence-corrected chi connectivity index (χ2v) is 7.27. The summed E-state index contributed by atoms with van der Waals surface area (Å²) >= 11 is 1.30. The van der Waals surface area contributed by atoms with Crippen LogP contribution in [0.4, 0.5) is 10.8 Å². The first-order valence-electron chi connectivity index (χ1n) is 8.78. The van der Waals surface area contributed by atoms with E-state index in [9.17, 15) is 0 Å². The Morgan fingerprint density at radius 3 is 2.68 bits per heavy atom. The molecular weight excluding hydrogens is 372 g/mol. The maximum atomic E-state index is 5.48. The van der Waals surface area contributed by atoms with Crippen molar-refractivity contribution in [2.45, 2.75) is 20.8 Å². The molecule has 0 aliphatic heterocycles. The average Bonchev–Trinajstić information content (AvgIpc) is 3.33. The molecule has 3 aromatic heterocycles. The number of pyridine rings is 1. The van der Waals surface area contributed by atoms with Crippen LogP contribution in [0.25, 0.3) is 17.2 Å². The Hall–Kier alpha value is -3.26. The van der Waals surface area contributed by atoms with E-state index in [0.29, 0.717) is 17.4 Å². The van der Waals surface area contributed by atoms with Gasteiger partial charge in [0.05, 0.1) is 19.1 Å². The Kier molecular flexibility index (Phi) is 4.79. The van der Waals surface area contributed by atoms with Crippen molar-refractivity contribution >= 4 is 22.4 Å². The molecule has 0 saturated carbocycles. The predicted molar refractivity (Wildman–Crippen MR) is 111 cm³/mol. The molecule has 0 amide bonds. The summed E-state index contributed by atoms with van der Waals surface area (Å²) in [4.78, 5) is 13.4. The number of nitrogens with zero attached hydrogens (tertiary/aromatic N) is 5. The van der Waals surface area contributed by atoms with Gasteiger partial charge in [-0.15, -0.1) is 0 Å². The van der Waals surface area contributed by atoms with Gasteiger partial charge in [-0.3, -0.25) is 0 Å². The maximum absolute atomic E-state index is 5.48. The standard InChI is InChI=1S/C20H20N6OS/c1-12-5-6-13(2)16(9-12)23-20-24-18(25-28-20)15-7-8-17(19(22-15)27-4)26-10-14(3)21-11-26/h5-11H,1-4H3,(H,23,24,25). The number of rotatable bonds is 5. The fourth-order valence-electron chi connectivity index (χ4n) is 2.82. The van der Waals surface area contributed by atoms with Crippen LogP contribution in [0.2, 0.25) is 0 Å². The molecule has 0 unspecified atom stereocenters. The molecule has 0 radical (unpaired) electrons. The highest BCUT2D eigenvalue weighted by Crippen LogP contribution is 2.28. The number of anilines is 2. The second-order valence-electron chi connectivity index (χ2n) is 6.51. The van der Waals surface area contributed by atoms with Crippen molar-refractivity contribution in [3.05, 3.63) is 59.7 Å². The van der Waals surface area contributed by atoms with Gasteiger partial charge in [0, 0.05) is 23.4 Å². The molecule has 0 fully saturated rings. The molecule has 142 valence electrons. The molecule has 0 aliphatic rings. The van der Waals surface area contributed by atoms with Crippen molar-refractivity contribution in [1.82, 2.24) is 23.9 Å². The van der Waals surface area contributed by atoms with Crippen LogP contribution in [-0.4, -0.2) is 31.0 Å². The van der Waals surface area contributed by atoms with Gasteiger partial charge in [0.1, 0.15) is 11.4 Å². The van der Waals surface area contributed by atoms with Crippen LogP contribution >= 0.6 is 11.5 Å². The monoisotopic (exact) mass is 392 g/mol. The molecule has 4 rings (SSSR count). The van der Waals surface area contributed by atoms with Crippen molar-refractivity contribution in [1.29, 1.82) is 0 Å². The third-order valence-corrected chi connectivity index (χ3v) is 4.94. The zero-order chi connectivity index (χ0) is 19.7. The van der Waals surface area contributed by atoms with Crippen molar-refractivity contribution in [3.8, 4) is 23.1 Å². The zero-order valence-electron chi connectivity index (χ0n) is 16.1. The topological polar surface area (TPSA) is 77.8 Å². The summed E-state index contributed by atoms with van der Waals surface area (Å²) in [6.07, 6.45) is 3.66. The van der Waals surface area contributed by atoms with Gasteiger partial charge in [-0.1, -0.05) is 12.1 Å². The number of benzene rings is 1. The van der Waals surface area contributed by atoms with E-state index in [1.165, 1.54) is 17.1 Å². The van der Waals surface area contributed by atoms with Crippen LogP contribution in [0.15, 0.2) is 42.9 Å². The predicted octanol–water partition coefficient (Wildman–Crippen LogP) is 4.46. The molecule has 28 heavy (non-hydrogen) atoms. The van der Waals surface area contributed by atoms with Gasteiger partial charge in [0.15, 0.2) is 5.82 Å². The molecule has 0 aliphatic carbocycles. The minimum atomic E-state index is 0.494. The van der Waals surface area contributed by atoms with Gasteiger partial charge in [0.2, 0.25) is 11.0 Å². The van der Waals surface area contributed by atoms with Crippen LogP contribution in [0.3, 0.4) is 0 Å². The first kappa shape index (κ1) is 18.1. The van der Waals surface area contributed by atoms with E-state index in [4.69, 9.17) is 4.74 Å². The quantitative estimate of drug-likeness (QED) is 0.540. The van der Waals surface area contributed by atoms with Crippen LogP contribution in [0.1, 0.15) is 16.8 Å². The van der Waals surface area contributed by atoms with Crippen molar-refractivity contribution < 1.29 is 4.74 Å². The number of aryl methyl sites for hydroxylation is 3. The van der Waals surface area contributed by atoms with E-state index in [1.807, 2.05) is 29.8 Å². The number of nitrogens with one attached hydrogen (secondary N) is 1. The van der Waals surface area contributed by atoms with Crippen molar-refractivity contribution in [2.75, 3.05) is 12.4 Å². The van der Waals surface area contributed by atoms with E-state index in [2.05, 4.69) is 56.7 Å². The van der Waals surface area contributed by atoms with Crippen molar-refractivity contribution in [2.24, 2.45) is 0 Å². The number of hydrogen-bond acceptors (Lipinski definition) is 7. The zero-order valence-corrected chi connectivity index (χ0v) is 16.9. The fourth-order valence-corrected chi connectivity index (χ4v) is 3.41. The summed E-state index contributed by atoms with van der Waals surface area (Å²) in [6.45, 7) is 6.07. The lowest BCUT2D eigenvalue weighted by Gasteiger charge is -2.09. The Bertz CT molecular complexity index is 1130. The van der Waals surface area contributed by atoms with Gasteiger partial charge < -0.3 is 14.6 Å². The number of methoxy groups -OCH3 is 1. The summed E-state index contributed by atoms with van der Waals surface area (Å²) in [5, 5.41) is 4.07. The van der Waals surface area contributed by atoms with Gasteiger partial charge in [-0.2, -0.15) is 9.36 Å². The third kappa shape index (κ3) is 3.59. The Morgan fingerprint density at radius 2 is 1.93 bits per heavy atom. The smallest absolute Gasteiger partial charge is 0.238 e. The normalized spacial score (nSPS) is 10.9. The van der Waals surface area contributed by atoms with Gasteiger partial charge in [-0.25, -0.2) is 9.97 Å². The Morgan fingerprint density at radius 1 is 1.07 bits per heavy atom. The highest BCUT2D eigenvalue weighted by Gasteiger charge is 2.14. The molecule has 0 saturated heterocycles. The summed E-state index contributed by atoms with van der Waals surface area (Å²) < 4.78 is 11.8. The summed E-state index contributed by atoms with van der Waals surface area (Å²) in [7, 11) is 1.60. The minimum absolute atomic E-state index is 0.494. The molecule has 1 N–H and O–H groups in total. The molecule has 7 nitrogen and oxygen atoms in total. The third-order valence-electron chi connectivity index (χ3n) is 4.31. The lowest BCUT2D eigenvalue weighted by molar-refractivity contribution is 0.396. The molecule has 0 spiro atoms. The average molecular weight is 392 g/mol. The first-order valence-corrected chi connectivity index (χ1v) is 9.55. The summed E-state index contributed by atoms with van der Waals surface area (Å²) in [5.41, 5.74) is 5.77. The maximum Gasteiger partial charge on any atom is 0.238 e. The van der Waals surface area contributed by atoms with Crippen LogP contribution in [0.5, 0.6) is 5.88 Å². The summed E-state index contributed by atoms with van der Waals surface area (Å²) in [5.74, 6) is 1.05. The van der Waals surface area contributed by atoms with Gasteiger partial charge in [-0.05, 0) is 50.1 Å². The van der Waals surface area contributed by atoms with Crippen molar-refractivity contribution in [3.63, 3.8) is 0 Å². The SMILES string of the molecule is COc1nc(-c2nsc(Nc3cc(C)ccc3C)n2)ccc1-n1cnc(C)c1. The number of ether oxygens (including phenoxy) is 1.